The molecule has 3 heteroatoms. The predicted octanol–water partition coefficient (Wildman–Crippen LogP) is 2.80. The van der Waals surface area contributed by atoms with E-state index in [2.05, 4.69) is 10.3 Å². The Labute approximate surface area is 107 Å². The molecule has 1 aromatic carbocycles. The molecule has 1 aliphatic rings. The van der Waals surface area contributed by atoms with Gasteiger partial charge in [0.2, 0.25) is 0 Å². The lowest BCUT2D eigenvalue weighted by molar-refractivity contribution is 0.0956. The van der Waals surface area contributed by atoms with Crippen LogP contribution in [-0.2, 0) is 12.8 Å². The van der Waals surface area contributed by atoms with Gasteiger partial charge in [-0.05, 0) is 56.4 Å². The average molecular weight is 242 g/mol. The maximum atomic E-state index is 11.9. The summed E-state index contributed by atoms with van der Waals surface area (Å²) in [5.41, 5.74) is 4.71. The van der Waals surface area contributed by atoms with Crippen molar-refractivity contribution in [3.63, 3.8) is 0 Å². The van der Waals surface area contributed by atoms with E-state index in [4.69, 9.17) is 0 Å². The van der Waals surface area contributed by atoms with Crippen molar-refractivity contribution >= 4 is 16.8 Å². The summed E-state index contributed by atoms with van der Waals surface area (Å²) < 4.78 is 0. The number of benzene rings is 1. The Morgan fingerprint density at radius 3 is 3.00 bits per heavy atom. The first kappa shape index (κ1) is 11.3. The molecule has 1 aliphatic carbocycles. The highest BCUT2D eigenvalue weighted by Crippen LogP contribution is 2.29. The van der Waals surface area contributed by atoms with Crippen molar-refractivity contribution in [2.45, 2.75) is 32.6 Å². The van der Waals surface area contributed by atoms with Crippen LogP contribution in [-0.4, -0.2) is 17.4 Å². The van der Waals surface area contributed by atoms with Crippen molar-refractivity contribution < 1.29 is 4.79 Å². The second kappa shape index (κ2) is 4.48. The molecule has 0 fully saturated rings. The Hall–Kier alpha value is -1.77. The van der Waals surface area contributed by atoms with Crippen LogP contribution in [0, 0.1) is 0 Å². The van der Waals surface area contributed by atoms with Crippen molar-refractivity contribution in [2.75, 3.05) is 6.54 Å². The molecular formula is C15H18N2O. The molecule has 1 aromatic heterocycles. The predicted molar refractivity (Wildman–Crippen MR) is 72.9 cm³/mol. The van der Waals surface area contributed by atoms with Gasteiger partial charge in [0.05, 0.1) is 0 Å². The first-order valence-electron chi connectivity index (χ1n) is 6.71. The van der Waals surface area contributed by atoms with E-state index in [-0.39, 0.29) is 5.91 Å². The van der Waals surface area contributed by atoms with Gasteiger partial charge in [0.1, 0.15) is 0 Å². The van der Waals surface area contributed by atoms with Gasteiger partial charge < -0.3 is 10.3 Å². The van der Waals surface area contributed by atoms with Crippen LogP contribution in [0.3, 0.4) is 0 Å². The van der Waals surface area contributed by atoms with Crippen LogP contribution in [0.15, 0.2) is 18.2 Å². The summed E-state index contributed by atoms with van der Waals surface area (Å²) in [4.78, 5) is 15.3. The number of rotatable bonds is 2. The Morgan fingerprint density at radius 1 is 1.33 bits per heavy atom. The number of carbonyl (C=O) groups excluding carboxylic acids is 1. The summed E-state index contributed by atoms with van der Waals surface area (Å²) in [6.07, 6.45) is 4.79. The van der Waals surface area contributed by atoms with Crippen molar-refractivity contribution in [3.05, 3.63) is 35.0 Å². The second-order valence-corrected chi connectivity index (χ2v) is 4.91. The fourth-order valence-corrected chi connectivity index (χ4v) is 2.81. The van der Waals surface area contributed by atoms with Crippen LogP contribution in [0.2, 0.25) is 0 Å². The molecule has 2 aromatic rings. The Balaban J connectivity index is 2.08. The van der Waals surface area contributed by atoms with Crippen molar-refractivity contribution in [2.24, 2.45) is 0 Å². The van der Waals surface area contributed by atoms with Crippen LogP contribution in [0.25, 0.3) is 10.9 Å². The molecule has 0 unspecified atom stereocenters. The van der Waals surface area contributed by atoms with Crippen LogP contribution < -0.4 is 5.32 Å². The van der Waals surface area contributed by atoms with Crippen molar-refractivity contribution in [1.82, 2.24) is 10.3 Å². The number of hydrogen-bond acceptors (Lipinski definition) is 1. The molecule has 18 heavy (non-hydrogen) atoms. The third kappa shape index (κ3) is 1.80. The average Bonchev–Trinajstić information content (AvgIpc) is 2.76. The zero-order valence-electron chi connectivity index (χ0n) is 10.7. The monoisotopic (exact) mass is 242 g/mol. The van der Waals surface area contributed by atoms with E-state index >= 15 is 0 Å². The largest absolute Gasteiger partial charge is 0.358 e. The summed E-state index contributed by atoms with van der Waals surface area (Å²) >= 11 is 0. The molecule has 0 bridgehead atoms. The molecule has 94 valence electrons. The lowest BCUT2D eigenvalue weighted by Crippen LogP contribution is -2.22. The SMILES string of the molecule is CCNC(=O)c1ccc2[nH]c3c(c2c1)CCCC3. The highest BCUT2D eigenvalue weighted by atomic mass is 16.1. The smallest absolute Gasteiger partial charge is 0.251 e. The second-order valence-electron chi connectivity index (χ2n) is 4.91. The first-order valence-corrected chi connectivity index (χ1v) is 6.71. The molecule has 1 heterocycles. The van der Waals surface area contributed by atoms with E-state index in [1.54, 1.807) is 0 Å². The van der Waals surface area contributed by atoms with E-state index in [0.29, 0.717) is 6.54 Å². The van der Waals surface area contributed by atoms with Crippen LogP contribution in [0.5, 0.6) is 0 Å². The molecule has 0 saturated heterocycles. The number of aromatic amines is 1. The molecule has 3 nitrogen and oxygen atoms in total. The summed E-state index contributed by atoms with van der Waals surface area (Å²) in [6.45, 7) is 2.61. The Kier molecular flexibility index (Phi) is 2.82. The molecule has 0 spiro atoms. The topological polar surface area (TPSA) is 44.9 Å². The molecule has 2 N–H and O–H groups in total. The number of amides is 1. The van der Waals surface area contributed by atoms with Gasteiger partial charge in [0, 0.05) is 28.7 Å². The van der Waals surface area contributed by atoms with Gasteiger partial charge in [0.15, 0.2) is 0 Å². The lowest BCUT2D eigenvalue weighted by atomic mass is 9.95. The molecule has 0 radical (unpaired) electrons. The third-order valence-corrected chi connectivity index (χ3v) is 3.70. The summed E-state index contributed by atoms with van der Waals surface area (Å²) in [5, 5.41) is 4.08. The zero-order valence-corrected chi connectivity index (χ0v) is 10.7. The van der Waals surface area contributed by atoms with Gasteiger partial charge in [-0.2, -0.15) is 0 Å². The van der Waals surface area contributed by atoms with E-state index in [1.165, 1.54) is 29.5 Å². The van der Waals surface area contributed by atoms with Crippen LogP contribution >= 0.6 is 0 Å². The van der Waals surface area contributed by atoms with Gasteiger partial charge in [-0.3, -0.25) is 4.79 Å². The van der Waals surface area contributed by atoms with Gasteiger partial charge in [-0.1, -0.05) is 0 Å². The maximum Gasteiger partial charge on any atom is 0.251 e. The number of nitrogens with one attached hydrogen (secondary N) is 2. The molecular weight excluding hydrogens is 224 g/mol. The first-order chi connectivity index (χ1) is 8.79. The number of carbonyl (C=O) groups is 1. The number of hydrogen-bond donors (Lipinski definition) is 2. The van der Waals surface area contributed by atoms with E-state index < -0.39 is 0 Å². The van der Waals surface area contributed by atoms with Crippen molar-refractivity contribution in [1.29, 1.82) is 0 Å². The normalized spacial score (nSPS) is 14.5. The van der Waals surface area contributed by atoms with Gasteiger partial charge in [-0.25, -0.2) is 0 Å². The molecule has 1 amide bonds. The zero-order chi connectivity index (χ0) is 12.5. The summed E-state index contributed by atoms with van der Waals surface area (Å²) in [5.74, 6) is 0.0187. The minimum absolute atomic E-state index is 0.0187. The summed E-state index contributed by atoms with van der Waals surface area (Å²) in [7, 11) is 0. The Morgan fingerprint density at radius 2 is 2.17 bits per heavy atom. The summed E-state index contributed by atoms with van der Waals surface area (Å²) in [6, 6.07) is 5.95. The molecule has 0 saturated carbocycles. The highest BCUT2D eigenvalue weighted by Gasteiger charge is 2.16. The van der Waals surface area contributed by atoms with E-state index in [0.717, 1.165) is 23.9 Å². The Bertz CT molecular complexity index is 598. The van der Waals surface area contributed by atoms with E-state index in [9.17, 15) is 4.79 Å². The maximum absolute atomic E-state index is 11.9. The quantitative estimate of drug-likeness (QED) is 0.835. The number of aryl methyl sites for hydroxylation is 2. The lowest BCUT2D eigenvalue weighted by Gasteiger charge is -2.10. The van der Waals surface area contributed by atoms with Crippen molar-refractivity contribution in [3.8, 4) is 0 Å². The molecule has 3 rings (SSSR count). The van der Waals surface area contributed by atoms with Crippen LogP contribution in [0.1, 0.15) is 41.4 Å². The third-order valence-electron chi connectivity index (χ3n) is 3.70. The van der Waals surface area contributed by atoms with E-state index in [1.807, 2.05) is 25.1 Å². The fraction of sp³-hybridized carbons (Fsp3) is 0.400. The van der Waals surface area contributed by atoms with Gasteiger partial charge >= 0.3 is 0 Å². The highest BCUT2D eigenvalue weighted by molar-refractivity contribution is 5.99. The number of fused-ring (bicyclic) bond motifs is 3. The van der Waals surface area contributed by atoms with Crippen LogP contribution in [0.4, 0.5) is 0 Å². The standard InChI is InChI=1S/C15H18N2O/c1-2-16-15(18)10-7-8-14-12(9-10)11-5-3-4-6-13(11)17-14/h7-9,17H,2-6H2,1H3,(H,16,18). The molecule has 0 atom stereocenters. The molecule has 0 aliphatic heterocycles. The van der Waals surface area contributed by atoms with Gasteiger partial charge in [0.25, 0.3) is 5.91 Å². The number of aromatic nitrogens is 1. The van der Waals surface area contributed by atoms with Gasteiger partial charge in [-0.15, -0.1) is 0 Å². The number of H-pyrrole nitrogens is 1. The fourth-order valence-electron chi connectivity index (χ4n) is 2.81. The minimum atomic E-state index is 0.0187. The minimum Gasteiger partial charge on any atom is -0.358 e.